The lowest BCUT2D eigenvalue weighted by Gasteiger charge is -2.34. The number of methoxy groups -OCH3 is 2. The maximum absolute atomic E-state index is 14.6. The van der Waals surface area contributed by atoms with Crippen LogP contribution in [0.25, 0.3) is 0 Å². The van der Waals surface area contributed by atoms with E-state index in [4.69, 9.17) is 9.47 Å². The highest BCUT2D eigenvalue weighted by molar-refractivity contribution is 9.10. The fourth-order valence-electron chi connectivity index (χ4n) is 5.05. The Kier molecular flexibility index (Phi) is 12.6. The summed E-state index contributed by atoms with van der Waals surface area (Å²) in [7, 11) is -1.63. The number of anilines is 1. The topological polar surface area (TPSA) is 105 Å². The predicted octanol–water partition coefficient (Wildman–Crippen LogP) is 6.21. The Balaban J connectivity index is 1.82. The van der Waals surface area contributed by atoms with Gasteiger partial charge in [0.25, 0.3) is 10.0 Å². The third-order valence-electron chi connectivity index (χ3n) is 7.53. The molecule has 0 aliphatic heterocycles. The first kappa shape index (κ1) is 36.4. The van der Waals surface area contributed by atoms with Crippen molar-refractivity contribution >= 4 is 43.5 Å². The number of hydrogen-bond donors (Lipinski definition) is 1. The summed E-state index contributed by atoms with van der Waals surface area (Å²) in [5, 5.41) is 2.96. The van der Waals surface area contributed by atoms with Crippen LogP contribution in [-0.2, 0) is 32.6 Å². The van der Waals surface area contributed by atoms with E-state index >= 15 is 0 Å². The first-order valence-electron chi connectivity index (χ1n) is 15.3. The lowest BCUT2D eigenvalue weighted by atomic mass is 10.0. The zero-order chi connectivity index (χ0) is 34.8. The van der Waals surface area contributed by atoms with Crippen molar-refractivity contribution in [2.24, 2.45) is 5.92 Å². The second kappa shape index (κ2) is 16.6. The first-order valence-corrected chi connectivity index (χ1v) is 17.5. The van der Waals surface area contributed by atoms with Gasteiger partial charge in [-0.1, -0.05) is 72.2 Å². The van der Waals surface area contributed by atoms with E-state index in [0.717, 1.165) is 32.0 Å². The molecule has 0 radical (unpaired) electrons. The number of benzene rings is 4. The second-order valence-corrected chi connectivity index (χ2v) is 14.3. The SMILES string of the molecule is COc1ccc(S(=O)(=O)N(CC(=O)N(Cc2cccc(Br)c2)[C@H](Cc2ccccc2)C(=O)NCC(C)C)c2ccc(F)cc2)cc1OC. The van der Waals surface area contributed by atoms with Crippen LogP contribution < -0.4 is 19.1 Å². The van der Waals surface area contributed by atoms with Gasteiger partial charge in [-0.2, -0.15) is 0 Å². The summed E-state index contributed by atoms with van der Waals surface area (Å²) in [4.78, 5) is 29.7. The number of hydrogen-bond acceptors (Lipinski definition) is 6. The Morgan fingerprint density at radius 2 is 1.52 bits per heavy atom. The molecule has 0 aliphatic rings. The summed E-state index contributed by atoms with van der Waals surface area (Å²) >= 11 is 3.48. The van der Waals surface area contributed by atoms with Crippen LogP contribution in [0, 0.1) is 11.7 Å². The minimum Gasteiger partial charge on any atom is -0.493 e. The average molecular weight is 741 g/mol. The summed E-state index contributed by atoms with van der Waals surface area (Å²) in [6.07, 6.45) is 0.184. The maximum Gasteiger partial charge on any atom is 0.264 e. The molecule has 0 bridgehead atoms. The highest BCUT2D eigenvalue weighted by Crippen LogP contribution is 2.32. The smallest absolute Gasteiger partial charge is 0.264 e. The molecule has 48 heavy (non-hydrogen) atoms. The van der Waals surface area contributed by atoms with Crippen LogP contribution in [-0.4, -0.2) is 58.5 Å². The zero-order valence-electron chi connectivity index (χ0n) is 27.2. The van der Waals surface area contributed by atoms with Gasteiger partial charge in [0.05, 0.1) is 24.8 Å². The van der Waals surface area contributed by atoms with Crippen molar-refractivity contribution in [2.75, 3.05) is 31.6 Å². The molecule has 1 N–H and O–H groups in total. The largest absolute Gasteiger partial charge is 0.493 e. The number of nitrogens with zero attached hydrogens (tertiary/aromatic N) is 2. The Bertz CT molecular complexity index is 1810. The molecule has 2 amide bonds. The molecule has 9 nitrogen and oxygen atoms in total. The summed E-state index contributed by atoms with van der Waals surface area (Å²) in [5.41, 5.74) is 1.61. The van der Waals surface area contributed by atoms with Crippen molar-refractivity contribution < 1.29 is 31.9 Å². The lowest BCUT2D eigenvalue weighted by Crippen LogP contribution is -2.53. The Morgan fingerprint density at radius 3 is 2.15 bits per heavy atom. The number of amides is 2. The van der Waals surface area contributed by atoms with Gasteiger partial charge in [0.2, 0.25) is 11.8 Å². The number of carbonyl (C=O) groups excluding carboxylic acids is 2. The predicted molar refractivity (Wildman–Crippen MR) is 187 cm³/mol. The fraction of sp³-hybridized carbons (Fsp3) is 0.278. The van der Waals surface area contributed by atoms with Crippen molar-refractivity contribution in [1.29, 1.82) is 0 Å². The highest BCUT2D eigenvalue weighted by Gasteiger charge is 2.35. The van der Waals surface area contributed by atoms with Crippen LogP contribution in [0.5, 0.6) is 11.5 Å². The van der Waals surface area contributed by atoms with E-state index in [2.05, 4.69) is 21.2 Å². The van der Waals surface area contributed by atoms with Crippen molar-refractivity contribution in [3.8, 4) is 11.5 Å². The van der Waals surface area contributed by atoms with Gasteiger partial charge >= 0.3 is 0 Å². The van der Waals surface area contributed by atoms with Gasteiger partial charge in [-0.3, -0.25) is 13.9 Å². The Hall–Kier alpha value is -4.42. The number of sulfonamides is 1. The standard InChI is InChI=1S/C36H39BrFN3O6S/c1-25(2)22-39-36(43)32(20-26-9-6-5-7-10-26)40(23-27-11-8-12-28(37)19-27)35(42)24-41(30-15-13-29(38)14-16-30)48(44,45)31-17-18-33(46-3)34(21-31)47-4/h5-19,21,25,32H,20,22-24H2,1-4H3,(H,39,43)/t32-/m1/s1. The molecule has 0 spiro atoms. The van der Waals surface area contributed by atoms with Gasteiger partial charge < -0.3 is 19.7 Å². The van der Waals surface area contributed by atoms with E-state index in [-0.39, 0.29) is 41.1 Å². The molecule has 0 heterocycles. The average Bonchev–Trinajstić information content (AvgIpc) is 3.08. The molecule has 4 rings (SSSR count). The second-order valence-electron chi connectivity index (χ2n) is 11.5. The molecule has 0 saturated carbocycles. The van der Waals surface area contributed by atoms with Crippen LogP contribution in [0.1, 0.15) is 25.0 Å². The quantitative estimate of drug-likeness (QED) is 0.156. The van der Waals surface area contributed by atoms with Crippen LogP contribution in [0.4, 0.5) is 10.1 Å². The van der Waals surface area contributed by atoms with Gasteiger partial charge in [0.15, 0.2) is 11.5 Å². The molecule has 4 aromatic rings. The summed E-state index contributed by atoms with van der Waals surface area (Å²) in [6.45, 7) is 3.66. The van der Waals surface area contributed by atoms with E-state index in [0.29, 0.717) is 12.3 Å². The molecule has 254 valence electrons. The molecule has 0 unspecified atom stereocenters. The van der Waals surface area contributed by atoms with E-state index in [1.54, 1.807) is 0 Å². The van der Waals surface area contributed by atoms with Gasteiger partial charge in [-0.15, -0.1) is 0 Å². The number of ether oxygens (including phenoxy) is 2. The van der Waals surface area contributed by atoms with Crippen molar-refractivity contribution in [3.05, 3.63) is 118 Å². The van der Waals surface area contributed by atoms with E-state index in [1.807, 2.05) is 68.4 Å². The maximum atomic E-state index is 14.6. The van der Waals surface area contributed by atoms with E-state index in [1.165, 1.54) is 49.5 Å². The third-order valence-corrected chi connectivity index (χ3v) is 9.80. The minimum atomic E-state index is -4.44. The summed E-state index contributed by atoms with van der Waals surface area (Å²) in [6, 6.07) is 24.6. The number of rotatable bonds is 15. The monoisotopic (exact) mass is 739 g/mol. The summed E-state index contributed by atoms with van der Waals surface area (Å²) < 4.78 is 54.9. The lowest BCUT2D eigenvalue weighted by molar-refractivity contribution is -0.140. The van der Waals surface area contributed by atoms with Gasteiger partial charge in [-0.25, -0.2) is 12.8 Å². The first-order chi connectivity index (χ1) is 22.9. The van der Waals surface area contributed by atoms with Crippen molar-refractivity contribution in [2.45, 2.75) is 37.8 Å². The van der Waals surface area contributed by atoms with Crippen LogP contribution in [0.15, 0.2) is 106 Å². The molecule has 0 aliphatic carbocycles. The minimum absolute atomic E-state index is 0.0124. The molecular weight excluding hydrogens is 701 g/mol. The fourth-order valence-corrected chi connectivity index (χ4v) is 6.93. The van der Waals surface area contributed by atoms with Gasteiger partial charge in [0, 0.05) is 30.0 Å². The number of halogens is 2. The number of carbonyl (C=O) groups is 2. The highest BCUT2D eigenvalue weighted by atomic mass is 79.9. The van der Waals surface area contributed by atoms with Crippen molar-refractivity contribution in [1.82, 2.24) is 10.2 Å². The number of nitrogens with one attached hydrogen (secondary N) is 1. The zero-order valence-corrected chi connectivity index (χ0v) is 29.6. The van der Waals surface area contributed by atoms with Crippen LogP contribution in [0.3, 0.4) is 0 Å². The molecule has 12 heteroatoms. The molecular formula is C36H39BrFN3O6S. The molecule has 4 aromatic carbocycles. The normalized spacial score (nSPS) is 11.9. The van der Waals surface area contributed by atoms with E-state index in [9.17, 15) is 22.4 Å². The molecule has 0 fully saturated rings. The molecule has 1 atom stereocenters. The van der Waals surface area contributed by atoms with Gasteiger partial charge in [-0.05, 0) is 65.6 Å². The molecule has 0 saturated heterocycles. The van der Waals surface area contributed by atoms with Crippen LogP contribution in [0.2, 0.25) is 0 Å². The molecule has 0 aromatic heterocycles. The Labute approximate surface area is 289 Å². The van der Waals surface area contributed by atoms with E-state index < -0.39 is 34.3 Å². The van der Waals surface area contributed by atoms with Crippen LogP contribution >= 0.6 is 15.9 Å². The van der Waals surface area contributed by atoms with Crippen molar-refractivity contribution in [3.63, 3.8) is 0 Å². The summed E-state index contributed by atoms with van der Waals surface area (Å²) in [5.74, 6) is -0.936. The van der Waals surface area contributed by atoms with Gasteiger partial charge in [0.1, 0.15) is 18.4 Å². The third kappa shape index (κ3) is 9.35. The Morgan fingerprint density at radius 1 is 0.854 bits per heavy atom.